The number of carbonyl (C=O) groups excluding carboxylic acids is 1. The molecule has 0 unspecified atom stereocenters. The number of rotatable bonds is 6. The fourth-order valence-corrected chi connectivity index (χ4v) is 3.25. The molecule has 2 aromatic rings. The van der Waals surface area contributed by atoms with Crippen molar-refractivity contribution < 1.29 is 14.1 Å². The summed E-state index contributed by atoms with van der Waals surface area (Å²) < 4.78 is 12.2. The quantitative estimate of drug-likeness (QED) is 0.586. The lowest BCUT2D eigenvalue weighted by molar-refractivity contribution is -0.108. The minimum Gasteiger partial charge on any atom is -0.399 e. The van der Waals surface area contributed by atoms with Crippen molar-refractivity contribution in [1.29, 1.82) is 0 Å². The average Bonchev–Trinajstić information content (AvgIpc) is 2.83. The fourth-order valence-electron chi connectivity index (χ4n) is 3.25. The maximum absolute atomic E-state index is 11.1. The first-order chi connectivity index (χ1) is 12.3. The summed E-state index contributed by atoms with van der Waals surface area (Å²) in [6, 6.07) is 18.6. The van der Waals surface area contributed by atoms with Crippen LogP contribution >= 0.6 is 0 Å². The van der Waals surface area contributed by atoms with Gasteiger partial charge in [0.05, 0.1) is 11.2 Å². The summed E-state index contributed by atoms with van der Waals surface area (Å²) in [5.41, 5.74) is 2.77. The highest BCUT2D eigenvalue weighted by Gasteiger charge is 2.51. The third kappa shape index (κ3) is 3.92. The van der Waals surface area contributed by atoms with Gasteiger partial charge in [0.15, 0.2) is 0 Å². The Bertz CT molecular complexity index is 722. The Morgan fingerprint density at radius 3 is 2.04 bits per heavy atom. The van der Waals surface area contributed by atoms with Gasteiger partial charge in [-0.05, 0) is 56.6 Å². The molecule has 1 fully saturated rings. The molecule has 0 bridgehead atoms. The van der Waals surface area contributed by atoms with Gasteiger partial charge in [0.2, 0.25) is 0 Å². The summed E-state index contributed by atoms with van der Waals surface area (Å²) in [5, 5.41) is 0. The zero-order valence-electron chi connectivity index (χ0n) is 16.1. The van der Waals surface area contributed by atoms with Crippen LogP contribution < -0.4 is 5.46 Å². The van der Waals surface area contributed by atoms with E-state index >= 15 is 0 Å². The van der Waals surface area contributed by atoms with Gasteiger partial charge < -0.3 is 14.1 Å². The molecule has 0 saturated carbocycles. The summed E-state index contributed by atoms with van der Waals surface area (Å²) in [4.78, 5) is 11.1. The van der Waals surface area contributed by atoms with Crippen molar-refractivity contribution in [2.45, 2.75) is 57.7 Å². The SMILES string of the molecule is CC1(C)OB(c2ccc(C[C@@H](CC=O)c3ccccc3)cc2)OC1(C)C. The summed E-state index contributed by atoms with van der Waals surface area (Å²) >= 11 is 0. The molecule has 26 heavy (non-hydrogen) atoms. The van der Waals surface area contributed by atoms with E-state index in [9.17, 15) is 4.79 Å². The molecule has 2 aromatic carbocycles. The molecular weight excluding hydrogens is 323 g/mol. The topological polar surface area (TPSA) is 35.5 Å². The maximum atomic E-state index is 11.1. The van der Waals surface area contributed by atoms with Crippen molar-refractivity contribution in [3.63, 3.8) is 0 Å². The molecule has 1 aliphatic heterocycles. The van der Waals surface area contributed by atoms with Crippen LogP contribution in [0.25, 0.3) is 0 Å². The first-order valence-corrected chi connectivity index (χ1v) is 9.25. The van der Waals surface area contributed by atoms with Gasteiger partial charge >= 0.3 is 7.12 Å². The van der Waals surface area contributed by atoms with Gasteiger partial charge in [-0.15, -0.1) is 0 Å². The lowest BCUT2D eigenvalue weighted by atomic mass is 9.78. The van der Waals surface area contributed by atoms with Crippen LogP contribution in [0.15, 0.2) is 54.6 Å². The minimum atomic E-state index is -0.339. The number of carbonyl (C=O) groups is 1. The molecule has 1 saturated heterocycles. The lowest BCUT2D eigenvalue weighted by Gasteiger charge is -2.32. The van der Waals surface area contributed by atoms with Crippen LogP contribution in [0.5, 0.6) is 0 Å². The number of hydrogen-bond donors (Lipinski definition) is 0. The van der Waals surface area contributed by atoms with Crippen LogP contribution in [0, 0.1) is 0 Å². The summed E-state index contributed by atoms with van der Waals surface area (Å²) in [6.07, 6.45) is 2.38. The number of hydrogen-bond acceptors (Lipinski definition) is 3. The Hall–Kier alpha value is -1.91. The van der Waals surface area contributed by atoms with Crippen LogP contribution in [-0.2, 0) is 20.5 Å². The maximum Gasteiger partial charge on any atom is 0.494 e. The molecule has 3 rings (SSSR count). The van der Waals surface area contributed by atoms with Crippen molar-refractivity contribution in [3.05, 3.63) is 65.7 Å². The van der Waals surface area contributed by atoms with Crippen LogP contribution in [0.3, 0.4) is 0 Å². The summed E-state index contributed by atoms with van der Waals surface area (Å²) in [6.45, 7) is 8.24. The second-order valence-corrected chi connectivity index (χ2v) is 8.04. The Balaban J connectivity index is 1.72. The molecule has 0 aromatic heterocycles. The Labute approximate surface area is 156 Å². The molecule has 0 radical (unpaired) electrons. The van der Waals surface area contributed by atoms with E-state index in [4.69, 9.17) is 9.31 Å². The molecule has 0 aliphatic carbocycles. The zero-order chi connectivity index (χ0) is 18.8. The monoisotopic (exact) mass is 350 g/mol. The van der Waals surface area contributed by atoms with Gasteiger partial charge in [-0.3, -0.25) is 0 Å². The van der Waals surface area contributed by atoms with E-state index in [1.807, 2.05) is 18.2 Å². The molecule has 136 valence electrons. The van der Waals surface area contributed by atoms with Gasteiger partial charge in [0.25, 0.3) is 0 Å². The molecule has 1 aliphatic rings. The molecular formula is C22H27BO3. The third-order valence-electron chi connectivity index (χ3n) is 5.64. The van der Waals surface area contributed by atoms with Crippen LogP contribution in [-0.4, -0.2) is 24.6 Å². The normalized spacial score (nSPS) is 19.3. The van der Waals surface area contributed by atoms with Crippen molar-refractivity contribution in [3.8, 4) is 0 Å². The second kappa shape index (κ2) is 7.38. The standard InChI is InChI=1S/C22H27BO3/c1-21(2)22(3,4)26-23(25-21)20-12-10-17(11-13-20)16-19(14-15-24)18-8-6-5-7-9-18/h5-13,15,19H,14,16H2,1-4H3/t19-/m1/s1. The molecule has 0 amide bonds. The van der Waals surface area contributed by atoms with Crippen LogP contribution in [0.1, 0.15) is 51.2 Å². The van der Waals surface area contributed by atoms with E-state index in [1.165, 1.54) is 11.1 Å². The van der Waals surface area contributed by atoms with E-state index in [1.54, 1.807) is 0 Å². The van der Waals surface area contributed by atoms with Gasteiger partial charge in [-0.2, -0.15) is 0 Å². The van der Waals surface area contributed by atoms with Gasteiger partial charge in [-0.25, -0.2) is 0 Å². The van der Waals surface area contributed by atoms with Gasteiger partial charge in [0.1, 0.15) is 6.29 Å². The fraction of sp³-hybridized carbons (Fsp3) is 0.409. The lowest BCUT2D eigenvalue weighted by Crippen LogP contribution is -2.41. The van der Waals surface area contributed by atoms with E-state index in [2.05, 4.69) is 64.1 Å². The number of aldehydes is 1. The van der Waals surface area contributed by atoms with Crippen molar-refractivity contribution in [1.82, 2.24) is 0 Å². The van der Waals surface area contributed by atoms with E-state index < -0.39 is 0 Å². The van der Waals surface area contributed by atoms with Crippen molar-refractivity contribution in [2.24, 2.45) is 0 Å². The van der Waals surface area contributed by atoms with Gasteiger partial charge in [0, 0.05) is 6.42 Å². The molecule has 0 spiro atoms. The smallest absolute Gasteiger partial charge is 0.399 e. The summed E-state index contributed by atoms with van der Waals surface area (Å²) in [7, 11) is -0.339. The largest absolute Gasteiger partial charge is 0.494 e. The van der Waals surface area contributed by atoms with E-state index in [-0.39, 0.29) is 24.2 Å². The van der Waals surface area contributed by atoms with Crippen molar-refractivity contribution >= 4 is 18.9 Å². The van der Waals surface area contributed by atoms with Crippen LogP contribution in [0.2, 0.25) is 0 Å². The summed E-state index contributed by atoms with van der Waals surface area (Å²) in [5.74, 6) is 0.205. The van der Waals surface area contributed by atoms with Gasteiger partial charge in [-0.1, -0.05) is 54.6 Å². The van der Waals surface area contributed by atoms with E-state index in [0.717, 1.165) is 18.2 Å². The van der Waals surface area contributed by atoms with Crippen LogP contribution in [0.4, 0.5) is 0 Å². The predicted molar refractivity (Wildman–Crippen MR) is 106 cm³/mol. The Morgan fingerprint density at radius 2 is 1.50 bits per heavy atom. The number of benzene rings is 2. The highest BCUT2D eigenvalue weighted by Crippen LogP contribution is 2.36. The second-order valence-electron chi connectivity index (χ2n) is 8.04. The molecule has 3 nitrogen and oxygen atoms in total. The first-order valence-electron chi connectivity index (χ1n) is 9.25. The highest BCUT2D eigenvalue weighted by atomic mass is 16.7. The average molecular weight is 350 g/mol. The minimum absolute atomic E-state index is 0.205. The zero-order valence-corrected chi connectivity index (χ0v) is 16.1. The van der Waals surface area contributed by atoms with E-state index in [0.29, 0.717) is 6.42 Å². The molecule has 4 heteroatoms. The molecule has 1 atom stereocenters. The first kappa shape index (κ1) is 18.9. The third-order valence-corrected chi connectivity index (χ3v) is 5.64. The Kier molecular flexibility index (Phi) is 5.35. The molecule has 1 heterocycles. The predicted octanol–water partition coefficient (Wildman–Crippen LogP) is 3.90. The van der Waals surface area contributed by atoms with Crippen molar-refractivity contribution in [2.75, 3.05) is 0 Å². The highest BCUT2D eigenvalue weighted by molar-refractivity contribution is 6.62. The molecule has 0 N–H and O–H groups in total. The Morgan fingerprint density at radius 1 is 0.923 bits per heavy atom.